The van der Waals surface area contributed by atoms with Crippen LogP contribution >= 0.6 is 0 Å². The topological polar surface area (TPSA) is 50.4 Å². The second kappa shape index (κ2) is 7.34. The Labute approximate surface area is 120 Å². The summed E-state index contributed by atoms with van der Waals surface area (Å²) >= 11 is 0. The molecule has 0 amide bonds. The van der Waals surface area contributed by atoms with Crippen molar-refractivity contribution in [3.8, 4) is 0 Å². The normalized spacial score (nSPS) is 12.9. The number of rotatable bonds is 5. The number of guanidine groups is 1. The molecule has 0 aliphatic carbocycles. The molecule has 3 nitrogen and oxygen atoms in total. The maximum atomic E-state index is 5.91. The number of aryl methyl sites for hydroxylation is 1. The highest BCUT2D eigenvalue weighted by Gasteiger charge is 2.02. The third-order valence-corrected chi connectivity index (χ3v) is 3.10. The smallest absolute Gasteiger partial charge is 0.193 e. The lowest BCUT2D eigenvalue weighted by molar-refractivity contribution is 0.667. The third-order valence-electron chi connectivity index (χ3n) is 3.10. The van der Waals surface area contributed by atoms with E-state index < -0.39 is 0 Å². The van der Waals surface area contributed by atoms with Gasteiger partial charge in [-0.15, -0.1) is 0 Å². The van der Waals surface area contributed by atoms with Crippen molar-refractivity contribution in [3.05, 3.63) is 66.2 Å². The summed E-state index contributed by atoms with van der Waals surface area (Å²) in [6, 6.07) is 20.5. The molecule has 0 aliphatic rings. The molecule has 0 spiro atoms. The van der Waals surface area contributed by atoms with Crippen LogP contribution in [0.25, 0.3) is 0 Å². The molecule has 0 saturated heterocycles. The third kappa shape index (κ3) is 4.76. The quantitative estimate of drug-likeness (QED) is 0.644. The van der Waals surface area contributed by atoms with Crippen molar-refractivity contribution < 1.29 is 0 Å². The van der Waals surface area contributed by atoms with Crippen LogP contribution < -0.4 is 11.1 Å². The van der Waals surface area contributed by atoms with Crippen molar-refractivity contribution in [2.75, 3.05) is 5.32 Å². The van der Waals surface area contributed by atoms with Crippen LogP contribution in [0.15, 0.2) is 65.7 Å². The fraction of sp³-hybridized carbons (Fsp3) is 0.235. The molecule has 2 rings (SSSR count). The SMILES string of the molecule is CC(CCc1ccccc1)N=C(N)Nc1ccccc1. The first-order valence-electron chi connectivity index (χ1n) is 6.93. The second-order valence-electron chi connectivity index (χ2n) is 4.88. The molecule has 0 aliphatic heterocycles. The average Bonchev–Trinajstić information content (AvgIpc) is 2.47. The van der Waals surface area contributed by atoms with Crippen molar-refractivity contribution in [3.63, 3.8) is 0 Å². The van der Waals surface area contributed by atoms with Crippen LogP contribution in [-0.4, -0.2) is 12.0 Å². The molecular formula is C17H21N3. The molecule has 1 atom stereocenters. The molecule has 0 heterocycles. The van der Waals surface area contributed by atoms with Crippen LogP contribution in [0.2, 0.25) is 0 Å². The van der Waals surface area contributed by atoms with Gasteiger partial charge < -0.3 is 11.1 Å². The van der Waals surface area contributed by atoms with E-state index >= 15 is 0 Å². The predicted octanol–water partition coefficient (Wildman–Crippen LogP) is 3.43. The first kappa shape index (κ1) is 14.1. The van der Waals surface area contributed by atoms with E-state index in [2.05, 4.69) is 41.5 Å². The summed E-state index contributed by atoms with van der Waals surface area (Å²) in [5.74, 6) is 0.469. The van der Waals surface area contributed by atoms with Gasteiger partial charge in [0, 0.05) is 5.69 Å². The van der Waals surface area contributed by atoms with Crippen LogP contribution in [0.4, 0.5) is 5.69 Å². The number of nitrogens with zero attached hydrogens (tertiary/aromatic N) is 1. The molecule has 0 aromatic heterocycles. The number of benzene rings is 2. The molecule has 2 aromatic rings. The highest BCUT2D eigenvalue weighted by molar-refractivity contribution is 5.92. The number of para-hydroxylation sites is 1. The molecular weight excluding hydrogens is 246 g/mol. The van der Waals surface area contributed by atoms with Crippen molar-refractivity contribution in [2.45, 2.75) is 25.8 Å². The minimum absolute atomic E-state index is 0.200. The van der Waals surface area contributed by atoms with E-state index in [0.29, 0.717) is 5.96 Å². The van der Waals surface area contributed by atoms with E-state index in [-0.39, 0.29) is 6.04 Å². The molecule has 0 radical (unpaired) electrons. The van der Waals surface area contributed by atoms with Crippen molar-refractivity contribution in [1.82, 2.24) is 0 Å². The molecule has 0 bridgehead atoms. The van der Waals surface area contributed by atoms with Gasteiger partial charge in [0.05, 0.1) is 6.04 Å². The van der Waals surface area contributed by atoms with Gasteiger partial charge in [-0.05, 0) is 37.5 Å². The summed E-state index contributed by atoms with van der Waals surface area (Å²) in [7, 11) is 0. The fourth-order valence-electron chi connectivity index (χ4n) is 2.02. The zero-order valence-corrected chi connectivity index (χ0v) is 11.8. The Kier molecular flexibility index (Phi) is 5.18. The van der Waals surface area contributed by atoms with Crippen LogP contribution in [0.5, 0.6) is 0 Å². The Hall–Kier alpha value is -2.29. The van der Waals surface area contributed by atoms with Gasteiger partial charge in [0.1, 0.15) is 0 Å². The number of hydrogen-bond donors (Lipinski definition) is 2. The first-order valence-corrected chi connectivity index (χ1v) is 6.93. The van der Waals surface area contributed by atoms with Gasteiger partial charge in [-0.2, -0.15) is 0 Å². The zero-order valence-electron chi connectivity index (χ0n) is 11.8. The lowest BCUT2D eigenvalue weighted by Crippen LogP contribution is -2.24. The van der Waals surface area contributed by atoms with E-state index in [9.17, 15) is 0 Å². The molecule has 0 saturated carbocycles. The van der Waals surface area contributed by atoms with E-state index in [1.165, 1.54) is 5.56 Å². The lowest BCUT2D eigenvalue weighted by atomic mass is 10.1. The van der Waals surface area contributed by atoms with Crippen molar-refractivity contribution in [1.29, 1.82) is 0 Å². The molecule has 0 fully saturated rings. The monoisotopic (exact) mass is 267 g/mol. The molecule has 104 valence electrons. The standard InChI is InChI=1S/C17H21N3/c1-14(12-13-15-8-4-2-5-9-15)19-17(18)20-16-10-6-3-7-11-16/h2-11,14H,12-13H2,1H3,(H3,18,19,20). The van der Waals surface area contributed by atoms with Gasteiger partial charge in [0.15, 0.2) is 5.96 Å². The first-order chi connectivity index (χ1) is 9.74. The highest BCUT2D eigenvalue weighted by atomic mass is 15.1. The fourth-order valence-corrected chi connectivity index (χ4v) is 2.02. The van der Waals surface area contributed by atoms with E-state index in [4.69, 9.17) is 5.73 Å². The van der Waals surface area contributed by atoms with E-state index in [0.717, 1.165) is 18.5 Å². The number of nitrogens with two attached hydrogens (primary N) is 1. The highest BCUT2D eigenvalue weighted by Crippen LogP contribution is 2.08. The summed E-state index contributed by atoms with van der Waals surface area (Å²) in [5, 5.41) is 3.10. The average molecular weight is 267 g/mol. The largest absolute Gasteiger partial charge is 0.370 e. The van der Waals surface area contributed by atoms with Gasteiger partial charge in [-0.3, -0.25) is 4.99 Å². The molecule has 3 N–H and O–H groups in total. The van der Waals surface area contributed by atoms with Gasteiger partial charge in [0.25, 0.3) is 0 Å². The minimum Gasteiger partial charge on any atom is -0.370 e. The Morgan fingerprint density at radius 1 is 1.05 bits per heavy atom. The minimum atomic E-state index is 0.200. The second-order valence-corrected chi connectivity index (χ2v) is 4.88. The predicted molar refractivity (Wildman–Crippen MR) is 85.9 cm³/mol. The number of anilines is 1. The van der Waals surface area contributed by atoms with Crippen LogP contribution in [0.1, 0.15) is 18.9 Å². The van der Waals surface area contributed by atoms with Gasteiger partial charge in [-0.25, -0.2) is 0 Å². The van der Waals surface area contributed by atoms with Gasteiger partial charge in [-0.1, -0.05) is 48.5 Å². The van der Waals surface area contributed by atoms with Crippen molar-refractivity contribution >= 4 is 11.6 Å². The number of hydrogen-bond acceptors (Lipinski definition) is 1. The Morgan fingerprint density at radius 2 is 1.65 bits per heavy atom. The summed E-state index contributed by atoms with van der Waals surface area (Å²) in [6.07, 6.45) is 2.01. The number of nitrogens with one attached hydrogen (secondary N) is 1. The summed E-state index contributed by atoms with van der Waals surface area (Å²) in [4.78, 5) is 4.47. The Morgan fingerprint density at radius 3 is 2.30 bits per heavy atom. The van der Waals surface area contributed by atoms with Crippen LogP contribution in [0.3, 0.4) is 0 Å². The van der Waals surface area contributed by atoms with E-state index in [1.807, 2.05) is 36.4 Å². The lowest BCUT2D eigenvalue weighted by Gasteiger charge is -2.10. The molecule has 1 unspecified atom stereocenters. The maximum absolute atomic E-state index is 5.91. The summed E-state index contributed by atoms with van der Waals surface area (Å²) in [6.45, 7) is 2.09. The van der Waals surface area contributed by atoms with Crippen molar-refractivity contribution in [2.24, 2.45) is 10.7 Å². The Balaban J connectivity index is 1.83. The Bertz CT molecular complexity index is 535. The molecule has 2 aromatic carbocycles. The summed E-state index contributed by atoms with van der Waals surface area (Å²) < 4.78 is 0. The van der Waals surface area contributed by atoms with Crippen LogP contribution in [-0.2, 0) is 6.42 Å². The van der Waals surface area contributed by atoms with Gasteiger partial charge in [0.2, 0.25) is 0 Å². The van der Waals surface area contributed by atoms with Gasteiger partial charge >= 0.3 is 0 Å². The number of aliphatic imine (C=N–C) groups is 1. The maximum Gasteiger partial charge on any atom is 0.193 e. The summed E-state index contributed by atoms with van der Waals surface area (Å²) in [5.41, 5.74) is 8.21. The molecule has 3 heteroatoms. The van der Waals surface area contributed by atoms with Crippen LogP contribution in [0, 0.1) is 0 Å². The van der Waals surface area contributed by atoms with E-state index in [1.54, 1.807) is 0 Å². The molecule has 20 heavy (non-hydrogen) atoms. The zero-order chi connectivity index (χ0) is 14.2.